The molecule has 0 aliphatic carbocycles. The van der Waals surface area contributed by atoms with Gasteiger partial charge in [0.15, 0.2) is 0 Å². The van der Waals surface area contributed by atoms with E-state index in [1.54, 1.807) is 12.1 Å². The lowest BCUT2D eigenvalue weighted by molar-refractivity contribution is 0.0696. The number of carboxylic acids is 1. The van der Waals surface area contributed by atoms with Crippen LogP contribution in [0.4, 0.5) is 4.79 Å². The van der Waals surface area contributed by atoms with Gasteiger partial charge in [0, 0.05) is 10.0 Å². The highest BCUT2D eigenvalue weighted by Gasteiger charge is 2.08. The zero-order valence-electron chi connectivity index (χ0n) is 12.6. The van der Waals surface area contributed by atoms with Gasteiger partial charge in [-0.3, -0.25) is 0 Å². The monoisotopic (exact) mass is 387 g/mol. The van der Waals surface area contributed by atoms with Crippen LogP contribution in [0, 0.1) is 11.8 Å². The predicted octanol–water partition coefficient (Wildman–Crippen LogP) is 3.43. The summed E-state index contributed by atoms with van der Waals surface area (Å²) in [5.74, 6) is 4.39. The van der Waals surface area contributed by atoms with Crippen LogP contribution in [0.5, 0.6) is 0 Å². The summed E-state index contributed by atoms with van der Waals surface area (Å²) >= 11 is 3.27. The summed E-state index contributed by atoms with van der Waals surface area (Å²) in [6.07, 6.45) is -0.583. The number of halogens is 1. The van der Waals surface area contributed by atoms with E-state index in [0.717, 1.165) is 10.0 Å². The average Bonchev–Trinajstić information content (AvgIpc) is 2.57. The number of nitrogens with one attached hydrogen (secondary N) is 1. The molecule has 0 atom stereocenters. The number of carbonyl (C=O) groups excluding carboxylic acids is 1. The number of rotatable bonds is 4. The molecule has 2 aromatic carbocycles. The lowest BCUT2D eigenvalue weighted by atomic mass is 10.1. The number of carboxylic acid groups (broad SMARTS) is 1. The Balaban J connectivity index is 1.86. The molecule has 2 rings (SSSR count). The summed E-state index contributed by atoms with van der Waals surface area (Å²) in [5.41, 5.74) is 1.37. The van der Waals surface area contributed by atoms with Crippen molar-refractivity contribution in [3.05, 3.63) is 69.7 Å². The molecule has 0 spiro atoms. The first-order valence-corrected chi connectivity index (χ1v) is 7.82. The van der Waals surface area contributed by atoms with E-state index in [-0.39, 0.29) is 18.7 Å². The molecule has 0 saturated heterocycles. The molecular formula is C18H14BrNO4. The van der Waals surface area contributed by atoms with Crippen LogP contribution in [0.3, 0.4) is 0 Å². The molecule has 0 aromatic heterocycles. The molecule has 0 heterocycles. The fourth-order valence-electron chi connectivity index (χ4n) is 1.84. The SMILES string of the molecule is O=C(NCC#Cc1cc(Br)ccc1C(=O)O)OCc1ccccc1. The maximum atomic E-state index is 11.6. The lowest BCUT2D eigenvalue weighted by Crippen LogP contribution is -2.24. The summed E-state index contributed by atoms with van der Waals surface area (Å²) in [4.78, 5) is 22.7. The molecule has 0 aliphatic rings. The Morgan fingerprint density at radius 2 is 1.92 bits per heavy atom. The molecule has 24 heavy (non-hydrogen) atoms. The molecular weight excluding hydrogens is 374 g/mol. The lowest BCUT2D eigenvalue weighted by Gasteiger charge is -2.04. The van der Waals surface area contributed by atoms with Crippen molar-refractivity contribution in [2.24, 2.45) is 0 Å². The van der Waals surface area contributed by atoms with Crippen LogP contribution in [0.1, 0.15) is 21.5 Å². The van der Waals surface area contributed by atoms with Gasteiger partial charge in [-0.15, -0.1) is 0 Å². The third-order valence-corrected chi connectivity index (χ3v) is 3.46. The summed E-state index contributed by atoms with van der Waals surface area (Å²) < 4.78 is 5.77. The predicted molar refractivity (Wildman–Crippen MR) is 92.6 cm³/mol. The number of alkyl carbamates (subject to hydrolysis) is 1. The van der Waals surface area contributed by atoms with Crippen LogP contribution in [-0.2, 0) is 11.3 Å². The second-order valence-electron chi connectivity index (χ2n) is 4.71. The van der Waals surface area contributed by atoms with Crippen LogP contribution in [0.25, 0.3) is 0 Å². The van der Waals surface area contributed by atoms with Crippen LogP contribution < -0.4 is 5.32 Å². The first-order chi connectivity index (χ1) is 11.6. The van der Waals surface area contributed by atoms with Crippen molar-refractivity contribution in [1.82, 2.24) is 5.32 Å². The Kier molecular flexibility index (Phi) is 6.41. The van der Waals surface area contributed by atoms with E-state index in [2.05, 4.69) is 33.1 Å². The first kappa shape index (κ1) is 17.6. The standard InChI is InChI=1S/C18H14BrNO4/c19-15-8-9-16(17(21)22)14(11-15)7-4-10-20-18(23)24-12-13-5-2-1-3-6-13/h1-3,5-6,8-9,11H,10,12H2,(H,20,23)(H,21,22). The fraction of sp³-hybridized carbons (Fsp3) is 0.111. The maximum absolute atomic E-state index is 11.6. The Labute approximate surface area is 147 Å². The molecule has 1 amide bonds. The normalized spacial score (nSPS) is 9.54. The van der Waals surface area contributed by atoms with Crippen LogP contribution in [-0.4, -0.2) is 23.7 Å². The van der Waals surface area contributed by atoms with E-state index >= 15 is 0 Å². The molecule has 0 radical (unpaired) electrons. The van der Waals surface area contributed by atoms with Crippen molar-refractivity contribution < 1.29 is 19.4 Å². The number of amides is 1. The molecule has 0 aliphatic heterocycles. The van der Waals surface area contributed by atoms with Gasteiger partial charge in [-0.05, 0) is 23.8 Å². The molecule has 0 unspecified atom stereocenters. The topological polar surface area (TPSA) is 75.6 Å². The van der Waals surface area contributed by atoms with Crippen molar-refractivity contribution >= 4 is 28.0 Å². The Morgan fingerprint density at radius 1 is 1.17 bits per heavy atom. The molecule has 0 fully saturated rings. The van der Waals surface area contributed by atoms with Crippen molar-refractivity contribution in [2.45, 2.75) is 6.61 Å². The van der Waals surface area contributed by atoms with E-state index in [0.29, 0.717) is 5.56 Å². The van der Waals surface area contributed by atoms with Crippen molar-refractivity contribution in [2.75, 3.05) is 6.54 Å². The van der Waals surface area contributed by atoms with E-state index in [4.69, 9.17) is 9.84 Å². The Hall–Kier alpha value is -2.78. The molecule has 0 saturated carbocycles. The van der Waals surface area contributed by atoms with Gasteiger partial charge in [-0.1, -0.05) is 58.1 Å². The highest BCUT2D eigenvalue weighted by Crippen LogP contribution is 2.15. The maximum Gasteiger partial charge on any atom is 0.408 e. The van der Waals surface area contributed by atoms with Crippen LogP contribution in [0.2, 0.25) is 0 Å². The molecule has 5 nitrogen and oxygen atoms in total. The number of carbonyl (C=O) groups is 2. The van der Waals surface area contributed by atoms with E-state index < -0.39 is 12.1 Å². The second kappa shape index (κ2) is 8.75. The Bertz CT molecular complexity index is 794. The average molecular weight is 388 g/mol. The van der Waals surface area contributed by atoms with Crippen molar-refractivity contribution in [3.63, 3.8) is 0 Å². The van der Waals surface area contributed by atoms with Crippen molar-refractivity contribution in [1.29, 1.82) is 0 Å². The minimum Gasteiger partial charge on any atom is -0.478 e. The number of benzene rings is 2. The highest BCUT2D eigenvalue weighted by atomic mass is 79.9. The van der Waals surface area contributed by atoms with Gasteiger partial charge in [0.2, 0.25) is 0 Å². The van der Waals surface area contributed by atoms with Gasteiger partial charge >= 0.3 is 12.1 Å². The molecule has 0 bridgehead atoms. The van der Waals surface area contributed by atoms with E-state index in [1.807, 2.05) is 30.3 Å². The van der Waals surface area contributed by atoms with Crippen molar-refractivity contribution in [3.8, 4) is 11.8 Å². The summed E-state index contributed by atoms with van der Waals surface area (Å²) in [5, 5.41) is 11.6. The zero-order valence-corrected chi connectivity index (χ0v) is 14.2. The van der Waals surface area contributed by atoms with Gasteiger partial charge in [0.1, 0.15) is 6.61 Å². The number of ether oxygens (including phenoxy) is 1. The van der Waals surface area contributed by atoms with E-state index in [1.165, 1.54) is 6.07 Å². The minimum absolute atomic E-state index is 0.0548. The number of aromatic carboxylic acids is 1. The second-order valence-corrected chi connectivity index (χ2v) is 5.63. The van der Waals surface area contributed by atoms with E-state index in [9.17, 15) is 9.59 Å². The third-order valence-electron chi connectivity index (χ3n) is 2.97. The smallest absolute Gasteiger partial charge is 0.408 e. The first-order valence-electron chi connectivity index (χ1n) is 7.02. The third kappa shape index (κ3) is 5.45. The molecule has 122 valence electrons. The minimum atomic E-state index is -1.05. The quantitative estimate of drug-likeness (QED) is 0.788. The molecule has 2 aromatic rings. The molecule has 2 N–H and O–H groups in total. The fourth-order valence-corrected chi connectivity index (χ4v) is 2.20. The van der Waals surface area contributed by atoms with Gasteiger partial charge in [0.25, 0.3) is 0 Å². The Morgan fingerprint density at radius 3 is 2.62 bits per heavy atom. The zero-order chi connectivity index (χ0) is 17.4. The molecule has 6 heteroatoms. The van der Waals surface area contributed by atoms with Crippen LogP contribution >= 0.6 is 15.9 Å². The van der Waals surface area contributed by atoms with Gasteiger partial charge in [-0.2, -0.15) is 0 Å². The largest absolute Gasteiger partial charge is 0.478 e. The number of hydrogen-bond donors (Lipinski definition) is 2. The number of hydrogen-bond acceptors (Lipinski definition) is 3. The summed E-state index contributed by atoms with van der Waals surface area (Å²) in [6.45, 7) is 0.230. The van der Waals surface area contributed by atoms with Gasteiger partial charge in [0.05, 0.1) is 12.1 Å². The summed E-state index contributed by atoms with van der Waals surface area (Å²) in [6, 6.07) is 14.0. The van der Waals surface area contributed by atoms with Gasteiger partial charge in [-0.25, -0.2) is 9.59 Å². The van der Waals surface area contributed by atoms with Gasteiger partial charge < -0.3 is 15.2 Å². The highest BCUT2D eigenvalue weighted by molar-refractivity contribution is 9.10. The van der Waals surface area contributed by atoms with Crippen LogP contribution in [0.15, 0.2) is 53.0 Å². The summed E-state index contributed by atoms with van der Waals surface area (Å²) in [7, 11) is 0.